The second-order valence-corrected chi connectivity index (χ2v) is 9.79. The number of aryl methyl sites for hydroxylation is 1. The third-order valence-corrected chi connectivity index (χ3v) is 6.59. The number of carbonyl (C=O) groups excluding carboxylic acids is 2. The summed E-state index contributed by atoms with van der Waals surface area (Å²) in [6.07, 6.45) is 2.56. The van der Waals surface area contributed by atoms with Gasteiger partial charge in [-0.2, -0.15) is 0 Å². The van der Waals surface area contributed by atoms with Crippen LogP contribution >= 0.6 is 39.9 Å². The van der Waals surface area contributed by atoms with Gasteiger partial charge >= 0.3 is 5.97 Å². The summed E-state index contributed by atoms with van der Waals surface area (Å²) in [5, 5.41) is 0. The molecule has 0 aromatic heterocycles. The van der Waals surface area contributed by atoms with Crippen molar-refractivity contribution >= 4 is 62.2 Å². The summed E-state index contributed by atoms with van der Waals surface area (Å²) in [5.74, 6) is 0.257. The third-order valence-electron chi connectivity index (χ3n) is 4.71. The molecule has 0 atom stereocenters. The number of rotatable bonds is 9. The summed E-state index contributed by atoms with van der Waals surface area (Å²) in [7, 11) is 0. The van der Waals surface area contributed by atoms with E-state index in [0.29, 0.717) is 41.2 Å². The molecule has 0 unspecified atom stereocenters. The average Bonchev–Trinajstić information content (AvgIpc) is 3.02. The summed E-state index contributed by atoms with van der Waals surface area (Å²) in [6, 6.07) is 13.9. The molecule has 32 heavy (non-hydrogen) atoms. The Hall–Kier alpha value is -2.16. The van der Waals surface area contributed by atoms with Crippen LogP contribution in [0.5, 0.6) is 5.75 Å². The van der Waals surface area contributed by atoms with Crippen molar-refractivity contribution in [3.8, 4) is 5.75 Å². The molecule has 1 aliphatic rings. The molecular formula is C24H24BrNO4S2. The van der Waals surface area contributed by atoms with Gasteiger partial charge in [-0.3, -0.25) is 14.5 Å². The van der Waals surface area contributed by atoms with E-state index < -0.39 is 0 Å². The van der Waals surface area contributed by atoms with Gasteiger partial charge in [0.05, 0.1) is 11.5 Å². The van der Waals surface area contributed by atoms with Crippen LogP contribution < -0.4 is 4.74 Å². The van der Waals surface area contributed by atoms with Crippen LogP contribution in [0.1, 0.15) is 36.5 Å². The first kappa shape index (κ1) is 24.5. The zero-order valence-corrected chi connectivity index (χ0v) is 21.1. The Morgan fingerprint density at radius 2 is 1.97 bits per heavy atom. The van der Waals surface area contributed by atoms with Gasteiger partial charge in [-0.25, -0.2) is 0 Å². The highest BCUT2D eigenvalue weighted by Crippen LogP contribution is 2.35. The lowest BCUT2D eigenvalue weighted by molar-refractivity contribution is -0.143. The molecule has 0 spiro atoms. The molecule has 1 saturated heterocycles. The maximum atomic E-state index is 12.9. The van der Waals surface area contributed by atoms with Crippen molar-refractivity contribution in [2.24, 2.45) is 0 Å². The van der Waals surface area contributed by atoms with Crippen LogP contribution in [0.3, 0.4) is 0 Å². The zero-order valence-electron chi connectivity index (χ0n) is 17.9. The molecule has 2 aromatic carbocycles. The molecule has 168 valence electrons. The summed E-state index contributed by atoms with van der Waals surface area (Å²) in [5.41, 5.74) is 3.05. The number of halogens is 1. The molecule has 1 fully saturated rings. The van der Waals surface area contributed by atoms with E-state index in [-0.39, 0.29) is 18.3 Å². The van der Waals surface area contributed by atoms with Crippen LogP contribution in [0.2, 0.25) is 0 Å². The lowest BCUT2D eigenvalue weighted by atomic mass is 10.1. The number of benzene rings is 2. The predicted octanol–water partition coefficient (Wildman–Crippen LogP) is 5.88. The SMILES string of the molecule is CCOC(=O)CCCN1C(=O)/C(=C\c2cc(Br)ccc2OCc2ccc(C)cc2)SC1=S. The summed E-state index contributed by atoms with van der Waals surface area (Å²) in [4.78, 5) is 26.5. The van der Waals surface area contributed by atoms with Gasteiger partial charge in [-0.15, -0.1) is 0 Å². The Morgan fingerprint density at radius 1 is 1.22 bits per heavy atom. The second-order valence-electron chi connectivity index (χ2n) is 7.20. The highest BCUT2D eigenvalue weighted by atomic mass is 79.9. The molecular weight excluding hydrogens is 510 g/mol. The molecule has 5 nitrogen and oxygen atoms in total. The third kappa shape index (κ3) is 6.67. The number of esters is 1. The van der Waals surface area contributed by atoms with E-state index in [0.717, 1.165) is 15.6 Å². The first-order valence-corrected chi connectivity index (χ1v) is 12.3. The Labute approximate surface area is 206 Å². The van der Waals surface area contributed by atoms with Crippen LogP contribution in [0.15, 0.2) is 51.8 Å². The van der Waals surface area contributed by atoms with Crippen molar-refractivity contribution in [1.29, 1.82) is 0 Å². The quantitative estimate of drug-likeness (QED) is 0.228. The average molecular weight is 534 g/mol. The molecule has 3 rings (SSSR count). The molecule has 2 aromatic rings. The highest BCUT2D eigenvalue weighted by molar-refractivity contribution is 9.10. The summed E-state index contributed by atoms with van der Waals surface area (Å²) < 4.78 is 12.4. The predicted molar refractivity (Wildman–Crippen MR) is 135 cm³/mol. The van der Waals surface area contributed by atoms with E-state index in [4.69, 9.17) is 21.7 Å². The normalized spacial score (nSPS) is 14.8. The molecule has 0 bridgehead atoms. The van der Waals surface area contributed by atoms with E-state index in [1.165, 1.54) is 22.2 Å². The fraction of sp³-hybridized carbons (Fsp3) is 0.292. The fourth-order valence-corrected chi connectivity index (χ4v) is 4.74. The Balaban J connectivity index is 1.70. The summed E-state index contributed by atoms with van der Waals surface area (Å²) in [6.45, 7) is 4.98. The van der Waals surface area contributed by atoms with Crippen LogP contribution in [0.25, 0.3) is 6.08 Å². The number of hydrogen-bond acceptors (Lipinski definition) is 6. The Kier molecular flexibility index (Phi) is 8.90. The van der Waals surface area contributed by atoms with Crippen molar-refractivity contribution in [3.05, 3.63) is 68.5 Å². The maximum absolute atomic E-state index is 12.9. The minimum atomic E-state index is -0.266. The number of carbonyl (C=O) groups is 2. The van der Waals surface area contributed by atoms with Gasteiger partial charge in [0.1, 0.15) is 16.7 Å². The number of thiocarbonyl (C=S) groups is 1. The standard InChI is InChI=1S/C24H24BrNO4S2/c1-3-29-22(27)5-4-12-26-23(28)21(32-24(26)31)14-18-13-19(25)10-11-20(18)30-15-17-8-6-16(2)7-9-17/h6-11,13-14H,3-5,12,15H2,1-2H3/b21-14+. The Bertz CT molecular complexity index is 1040. The molecule has 0 aliphatic carbocycles. The number of ether oxygens (including phenoxy) is 2. The molecule has 0 saturated carbocycles. The first-order chi connectivity index (χ1) is 15.4. The topological polar surface area (TPSA) is 55.8 Å². The molecule has 1 amide bonds. The van der Waals surface area contributed by atoms with Gasteiger partial charge in [0.15, 0.2) is 0 Å². The van der Waals surface area contributed by atoms with Crippen molar-refractivity contribution in [3.63, 3.8) is 0 Å². The van der Waals surface area contributed by atoms with E-state index in [9.17, 15) is 9.59 Å². The maximum Gasteiger partial charge on any atom is 0.305 e. The minimum absolute atomic E-state index is 0.159. The highest BCUT2D eigenvalue weighted by Gasteiger charge is 2.32. The molecule has 0 radical (unpaired) electrons. The largest absolute Gasteiger partial charge is 0.488 e. The first-order valence-electron chi connectivity index (χ1n) is 10.3. The van der Waals surface area contributed by atoms with Crippen LogP contribution in [0.4, 0.5) is 0 Å². The number of nitrogens with zero attached hydrogens (tertiary/aromatic N) is 1. The Morgan fingerprint density at radius 3 is 2.69 bits per heavy atom. The number of thioether (sulfide) groups is 1. The van der Waals surface area contributed by atoms with Crippen LogP contribution in [-0.2, 0) is 20.9 Å². The van der Waals surface area contributed by atoms with Crippen LogP contribution in [0, 0.1) is 6.92 Å². The van der Waals surface area contributed by atoms with Crippen molar-refractivity contribution in [1.82, 2.24) is 4.90 Å². The lowest BCUT2D eigenvalue weighted by Gasteiger charge is -2.14. The van der Waals surface area contributed by atoms with Gasteiger partial charge in [0, 0.05) is 23.0 Å². The fourth-order valence-electron chi connectivity index (χ4n) is 3.06. The van der Waals surface area contributed by atoms with E-state index in [1.54, 1.807) is 13.0 Å². The van der Waals surface area contributed by atoms with Crippen LogP contribution in [-0.4, -0.2) is 34.2 Å². The van der Waals surface area contributed by atoms with Gasteiger partial charge < -0.3 is 9.47 Å². The molecule has 0 N–H and O–H groups in total. The van der Waals surface area contributed by atoms with Crippen molar-refractivity contribution in [2.45, 2.75) is 33.3 Å². The molecule has 8 heteroatoms. The van der Waals surface area contributed by atoms with Gasteiger partial charge in [-0.1, -0.05) is 69.7 Å². The zero-order chi connectivity index (χ0) is 23.1. The molecule has 1 aliphatic heterocycles. The lowest BCUT2D eigenvalue weighted by Crippen LogP contribution is -2.29. The van der Waals surface area contributed by atoms with E-state index >= 15 is 0 Å². The minimum Gasteiger partial charge on any atom is -0.488 e. The monoisotopic (exact) mass is 533 g/mol. The second kappa shape index (κ2) is 11.6. The van der Waals surface area contributed by atoms with Gasteiger partial charge in [0.25, 0.3) is 5.91 Å². The van der Waals surface area contributed by atoms with Crippen molar-refractivity contribution in [2.75, 3.05) is 13.2 Å². The smallest absolute Gasteiger partial charge is 0.305 e. The van der Waals surface area contributed by atoms with E-state index in [2.05, 4.69) is 28.1 Å². The number of hydrogen-bond donors (Lipinski definition) is 0. The van der Waals surface area contributed by atoms with Gasteiger partial charge in [0.2, 0.25) is 0 Å². The van der Waals surface area contributed by atoms with Crippen molar-refractivity contribution < 1.29 is 19.1 Å². The summed E-state index contributed by atoms with van der Waals surface area (Å²) >= 11 is 10.1. The van der Waals surface area contributed by atoms with Gasteiger partial charge in [-0.05, 0) is 50.1 Å². The molecule has 1 heterocycles. The van der Waals surface area contributed by atoms with E-state index in [1.807, 2.05) is 37.3 Å². The number of amides is 1.